The molecule has 0 N–H and O–H groups in total. The Morgan fingerprint density at radius 3 is 2.18 bits per heavy atom. The summed E-state index contributed by atoms with van der Waals surface area (Å²) in [6, 6.07) is 23.5. The second-order valence-corrected chi connectivity index (χ2v) is 5.90. The second-order valence-electron chi connectivity index (χ2n) is 5.90. The Morgan fingerprint density at radius 2 is 1.32 bits per heavy atom. The molecule has 0 aliphatic rings. The van der Waals surface area contributed by atoms with E-state index in [1.54, 1.807) is 0 Å². The van der Waals surface area contributed by atoms with Gasteiger partial charge in [0, 0.05) is 16.2 Å². The number of fused-ring (bicyclic) bond motifs is 8. The number of hydrogen-bond donors (Lipinski definition) is 0. The summed E-state index contributed by atoms with van der Waals surface area (Å²) in [6.45, 7) is 2.14. The summed E-state index contributed by atoms with van der Waals surface area (Å²) in [7, 11) is 0. The van der Waals surface area contributed by atoms with Crippen LogP contribution in [0.3, 0.4) is 0 Å². The number of rotatable bonds is 0. The minimum Gasteiger partial charge on any atom is -0.455 e. The molecule has 0 radical (unpaired) electrons. The smallest absolute Gasteiger partial charge is 0.143 e. The molecule has 104 valence electrons. The third-order valence-electron chi connectivity index (χ3n) is 4.50. The molecule has 5 aromatic rings. The molecule has 1 heterocycles. The van der Waals surface area contributed by atoms with Gasteiger partial charge in [0.05, 0.1) is 0 Å². The van der Waals surface area contributed by atoms with Gasteiger partial charge in [-0.15, -0.1) is 0 Å². The van der Waals surface area contributed by atoms with Crippen LogP contribution in [0.25, 0.3) is 43.5 Å². The Bertz CT molecular complexity index is 1180. The summed E-state index contributed by atoms with van der Waals surface area (Å²) in [5, 5.41) is 7.43. The van der Waals surface area contributed by atoms with Gasteiger partial charge in [0.2, 0.25) is 0 Å². The van der Waals surface area contributed by atoms with E-state index in [1.807, 2.05) is 12.1 Å². The highest BCUT2D eigenvalue weighted by molar-refractivity contribution is 6.30. The predicted octanol–water partition coefficient (Wildman–Crippen LogP) is 6.20. The molecule has 0 fully saturated rings. The standard InChI is InChI=1S/C21H14O/c1-13-10-11-15-14-6-2-3-7-16(14)21-20(18(15)12-13)17-8-4-5-9-19(17)22-21/h2-12H,1H3. The molecule has 4 aromatic carbocycles. The summed E-state index contributed by atoms with van der Waals surface area (Å²) in [6.07, 6.45) is 0. The zero-order valence-corrected chi connectivity index (χ0v) is 12.3. The van der Waals surface area contributed by atoms with E-state index in [0.717, 1.165) is 11.2 Å². The Kier molecular flexibility index (Phi) is 2.21. The van der Waals surface area contributed by atoms with Crippen molar-refractivity contribution in [3.63, 3.8) is 0 Å². The average Bonchev–Trinajstić information content (AvgIpc) is 2.95. The third kappa shape index (κ3) is 1.43. The Balaban J connectivity index is 2.23. The summed E-state index contributed by atoms with van der Waals surface area (Å²) in [4.78, 5) is 0. The molecule has 0 saturated heterocycles. The van der Waals surface area contributed by atoms with Crippen LogP contribution in [0.15, 0.2) is 71.1 Å². The number of aryl methyl sites for hydroxylation is 1. The molecule has 22 heavy (non-hydrogen) atoms. The molecule has 0 amide bonds. The minimum atomic E-state index is 0.955. The fraction of sp³-hybridized carbons (Fsp3) is 0.0476. The molecule has 0 aliphatic carbocycles. The van der Waals surface area contributed by atoms with E-state index < -0.39 is 0 Å². The number of para-hydroxylation sites is 1. The molecule has 5 rings (SSSR count). The molecular formula is C21H14O. The molecule has 0 spiro atoms. The maximum Gasteiger partial charge on any atom is 0.143 e. The number of benzene rings is 4. The van der Waals surface area contributed by atoms with Crippen molar-refractivity contribution in [2.45, 2.75) is 6.92 Å². The highest BCUT2D eigenvalue weighted by atomic mass is 16.3. The lowest BCUT2D eigenvalue weighted by atomic mass is 9.96. The molecule has 1 nitrogen and oxygen atoms in total. The zero-order valence-electron chi connectivity index (χ0n) is 12.3. The Labute approximate surface area is 127 Å². The van der Waals surface area contributed by atoms with Gasteiger partial charge in [0.25, 0.3) is 0 Å². The Morgan fingerprint density at radius 1 is 0.636 bits per heavy atom. The van der Waals surface area contributed by atoms with E-state index in [4.69, 9.17) is 4.42 Å². The lowest BCUT2D eigenvalue weighted by Crippen LogP contribution is -1.81. The molecule has 0 saturated carbocycles. The van der Waals surface area contributed by atoms with Gasteiger partial charge in [0.1, 0.15) is 11.2 Å². The molecule has 1 heteroatoms. The van der Waals surface area contributed by atoms with Crippen LogP contribution in [-0.4, -0.2) is 0 Å². The fourth-order valence-corrected chi connectivity index (χ4v) is 3.52. The first-order valence-corrected chi connectivity index (χ1v) is 7.55. The van der Waals surface area contributed by atoms with E-state index in [9.17, 15) is 0 Å². The fourth-order valence-electron chi connectivity index (χ4n) is 3.52. The van der Waals surface area contributed by atoms with Crippen molar-refractivity contribution < 1.29 is 4.42 Å². The SMILES string of the molecule is Cc1ccc2c3ccccc3c3oc4ccccc4c3c2c1. The lowest BCUT2D eigenvalue weighted by Gasteiger charge is -2.07. The van der Waals surface area contributed by atoms with E-state index in [-0.39, 0.29) is 0 Å². The first-order valence-electron chi connectivity index (χ1n) is 7.55. The van der Waals surface area contributed by atoms with Gasteiger partial charge in [-0.3, -0.25) is 0 Å². The summed E-state index contributed by atoms with van der Waals surface area (Å²) in [5.74, 6) is 0. The maximum atomic E-state index is 6.21. The molecular weight excluding hydrogens is 268 g/mol. The lowest BCUT2D eigenvalue weighted by molar-refractivity contribution is 0.673. The van der Waals surface area contributed by atoms with E-state index in [2.05, 4.69) is 61.5 Å². The number of furan rings is 1. The molecule has 0 atom stereocenters. The van der Waals surface area contributed by atoms with Gasteiger partial charge in [-0.05, 0) is 29.1 Å². The first-order chi connectivity index (χ1) is 10.8. The van der Waals surface area contributed by atoms with Crippen molar-refractivity contribution in [3.8, 4) is 0 Å². The minimum absolute atomic E-state index is 0.955. The molecule has 0 aliphatic heterocycles. The summed E-state index contributed by atoms with van der Waals surface area (Å²) < 4.78 is 6.21. The van der Waals surface area contributed by atoms with Crippen LogP contribution >= 0.6 is 0 Å². The van der Waals surface area contributed by atoms with Gasteiger partial charge in [0.15, 0.2) is 0 Å². The normalized spacial score (nSPS) is 11.9. The van der Waals surface area contributed by atoms with Crippen LogP contribution < -0.4 is 0 Å². The van der Waals surface area contributed by atoms with Gasteiger partial charge in [-0.25, -0.2) is 0 Å². The van der Waals surface area contributed by atoms with Crippen LogP contribution in [0.5, 0.6) is 0 Å². The first kappa shape index (κ1) is 11.8. The molecule has 0 bridgehead atoms. The van der Waals surface area contributed by atoms with Crippen LogP contribution in [0, 0.1) is 6.92 Å². The van der Waals surface area contributed by atoms with E-state index in [1.165, 1.54) is 37.9 Å². The predicted molar refractivity (Wildman–Crippen MR) is 93.5 cm³/mol. The summed E-state index contributed by atoms with van der Waals surface area (Å²) in [5.41, 5.74) is 3.22. The van der Waals surface area contributed by atoms with Crippen LogP contribution in [-0.2, 0) is 0 Å². The highest BCUT2D eigenvalue weighted by Gasteiger charge is 2.14. The Hall–Kier alpha value is -2.80. The van der Waals surface area contributed by atoms with Crippen LogP contribution in [0.4, 0.5) is 0 Å². The van der Waals surface area contributed by atoms with Crippen molar-refractivity contribution in [3.05, 3.63) is 72.3 Å². The zero-order chi connectivity index (χ0) is 14.7. The largest absolute Gasteiger partial charge is 0.455 e. The van der Waals surface area contributed by atoms with Crippen molar-refractivity contribution in [2.75, 3.05) is 0 Å². The van der Waals surface area contributed by atoms with Crippen molar-refractivity contribution in [2.24, 2.45) is 0 Å². The quantitative estimate of drug-likeness (QED) is 0.308. The van der Waals surface area contributed by atoms with Crippen molar-refractivity contribution in [1.82, 2.24) is 0 Å². The van der Waals surface area contributed by atoms with Crippen LogP contribution in [0.2, 0.25) is 0 Å². The van der Waals surface area contributed by atoms with Gasteiger partial charge >= 0.3 is 0 Å². The number of hydrogen-bond acceptors (Lipinski definition) is 1. The average molecular weight is 282 g/mol. The van der Waals surface area contributed by atoms with E-state index >= 15 is 0 Å². The van der Waals surface area contributed by atoms with Gasteiger partial charge in [-0.2, -0.15) is 0 Å². The molecule has 1 aromatic heterocycles. The summed E-state index contributed by atoms with van der Waals surface area (Å²) >= 11 is 0. The van der Waals surface area contributed by atoms with Gasteiger partial charge in [-0.1, -0.05) is 66.2 Å². The van der Waals surface area contributed by atoms with Crippen molar-refractivity contribution in [1.29, 1.82) is 0 Å². The molecule has 0 unspecified atom stereocenters. The topological polar surface area (TPSA) is 13.1 Å². The van der Waals surface area contributed by atoms with Gasteiger partial charge < -0.3 is 4.42 Å². The highest BCUT2D eigenvalue weighted by Crippen LogP contribution is 2.40. The monoisotopic (exact) mass is 282 g/mol. The van der Waals surface area contributed by atoms with Crippen molar-refractivity contribution >= 4 is 43.5 Å². The second kappa shape index (κ2) is 4.11. The van der Waals surface area contributed by atoms with E-state index in [0.29, 0.717) is 0 Å². The maximum absolute atomic E-state index is 6.21. The third-order valence-corrected chi connectivity index (χ3v) is 4.50. The van der Waals surface area contributed by atoms with Crippen LogP contribution in [0.1, 0.15) is 5.56 Å².